The molecule has 1 aliphatic rings. The molecule has 1 aliphatic heterocycles. The fourth-order valence-corrected chi connectivity index (χ4v) is 13.5. The summed E-state index contributed by atoms with van der Waals surface area (Å²) in [5, 5.41) is 54.6. The van der Waals surface area contributed by atoms with Crippen molar-refractivity contribution in [2.45, 2.75) is 468 Å². The molecule has 0 radical (unpaired) electrons. The van der Waals surface area contributed by atoms with Gasteiger partial charge in [-0.3, -0.25) is 9.59 Å². The number of ether oxygens (including phenoxy) is 3. The zero-order valence-electron chi connectivity index (χ0n) is 62.7. The van der Waals surface area contributed by atoms with Gasteiger partial charge in [-0.25, -0.2) is 0 Å². The van der Waals surface area contributed by atoms with Crippen molar-refractivity contribution < 1.29 is 49.3 Å². The van der Waals surface area contributed by atoms with Gasteiger partial charge in [0.15, 0.2) is 6.29 Å². The van der Waals surface area contributed by atoms with E-state index >= 15 is 0 Å². The number of hydrogen-bond donors (Lipinski definition) is 6. The quantitative estimate of drug-likeness (QED) is 0.0195. The van der Waals surface area contributed by atoms with Crippen molar-refractivity contribution in [2.75, 3.05) is 19.8 Å². The van der Waals surface area contributed by atoms with Gasteiger partial charge in [-0.05, 0) is 70.6 Å². The zero-order chi connectivity index (χ0) is 68.6. The van der Waals surface area contributed by atoms with E-state index in [2.05, 4.69) is 43.5 Å². The Hall–Kier alpha value is -2.12. The van der Waals surface area contributed by atoms with Gasteiger partial charge in [0.2, 0.25) is 5.91 Å². The summed E-state index contributed by atoms with van der Waals surface area (Å²) < 4.78 is 16.8. The highest BCUT2D eigenvalue weighted by atomic mass is 16.7. The maximum Gasteiger partial charge on any atom is 0.305 e. The van der Waals surface area contributed by atoms with Crippen molar-refractivity contribution in [3.05, 3.63) is 36.5 Å². The highest BCUT2D eigenvalue weighted by Crippen LogP contribution is 2.24. The lowest BCUT2D eigenvalue weighted by Gasteiger charge is -2.40. The summed E-state index contributed by atoms with van der Waals surface area (Å²) in [6, 6.07) is -0.825. The van der Waals surface area contributed by atoms with Gasteiger partial charge in [-0.15, -0.1) is 0 Å². The smallest absolute Gasteiger partial charge is 0.305 e. The van der Waals surface area contributed by atoms with Gasteiger partial charge in [0.1, 0.15) is 24.4 Å². The van der Waals surface area contributed by atoms with E-state index in [0.717, 1.165) is 51.4 Å². The molecule has 11 heteroatoms. The predicted octanol–water partition coefficient (Wildman–Crippen LogP) is 22.9. The van der Waals surface area contributed by atoms with E-state index in [4.69, 9.17) is 14.2 Å². The van der Waals surface area contributed by atoms with Crippen molar-refractivity contribution in [1.82, 2.24) is 5.32 Å². The third-order valence-corrected chi connectivity index (χ3v) is 20.0. The molecule has 0 spiro atoms. The Labute approximate surface area is 587 Å². The second kappa shape index (κ2) is 73.1. The molecule has 95 heavy (non-hydrogen) atoms. The van der Waals surface area contributed by atoms with Crippen LogP contribution < -0.4 is 5.32 Å². The Morgan fingerprint density at radius 3 is 1.04 bits per heavy atom. The number of esters is 1. The first kappa shape index (κ1) is 90.9. The molecule has 6 N–H and O–H groups in total. The first-order valence-corrected chi connectivity index (χ1v) is 41.8. The molecular formula is C84H159NO10. The maximum atomic E-state index is 13.1. The zero-order valence-corrected chi connectivity index (χ0v) is 62.7. The number of aliphatic hydroxyl groups excluding tert-OH is 5. The van der Waals surface area contributed by atoms with Crippen LogP contribution in [0.1, 0.15) is 425 Å². The lowest BCUT2D eigenvalue weighted by atomic mass is 9.99. The molecule has 0 saturated carbocycles. The van der Waals surface area contributed by atoms with Crippen LogP contribution in [0.2, 0.25) is 0 Å². The van der Waals surface area contributed by atoms with Crippen molar-refractivity contribution in [2.24, 2.45) is 0 Å². The van der Waals surface area contributed by atoms with Crippen LogP contribution >= 0.6 is 0 Å². The predicted molar refractivity (Wildman–Crippen MR) is 403 cm³/mol. The minimum absolute atomic E-state index is 0.0197. The number of carbonyl (C=O) groups excluding carboxylic acids is 2. The number of amides is 1. The summed E-state index contributed by atoms with van der Waals surface area (Å²) in [6.07, 6.45) is 86.2. The Balaban J connectivity index is 1.89. The molecule has 0 bridgehead atoms. The van der Waals surface area contributed by atoms with Crippen LogP contribution in [-0.2, 0) is 23.8 Å². The molecule has 7 unspecified atom stereocenters. The lowest BCUT2D eigenvalue weighted by Crippen LogP contribution is -2.60. The normalized spacial score (nSPS) is 17.5. The van der Waals surface area contributed by atoms with Crippen LogP contribution in [0.25, 0.3) is 0 Å². The first-order valence-electron chi connectivity index (χ1n) is 41.8. The van der Waals surface area contributed by atoms with E-state index in [1.54, 1.807) is 6.08 Å². The van der Waals surface area contributed by atoms with Gasteiger partial charge >= 0.3 is 5.97 Å². The van der Waals surface area contributed by atoms with E-state index in [0.29, 0.717) is 19.4 Å². The average molecular weight is 1340 g/mol. The summed E-state index contributed by atoms with van der Waals surface area (Å²) in [5.41, 5.74) is 0. The van der Waals surface area contributed by atoms with Crippen LogP contribution in [0.4, 0.5) is 0 Å². The highest BCUT2D eigenvalue weighted by molar-refractivity contribution is 5.76. The fraction of sp³-hybridized carbons (Fsp3) is 0.905. The van der Waals surface area contributed by atoms with E-state index in [1.807, 2.05) is 6.08 Å². The monoisotopic (exact) mass is 1340 g/mol. The summed E-state index contributed by atoms with van der Waals surface area (Å²) in [5.74, 6) is -0.165. The van der Waals surface area contributed by atoms with E-state index in [-0.39, 0.29) is 18.5 Å². The number of aliphatic hydroxyl groups is 5. The largest absolute Gasteiger partial charge is 0.466 e. The van der Waals surface area contributed by atoms with E-state index < -0.39 is 49.5 Å². The SMILES string of the molecule is CCCCCCCCCC/C=C/CC/C=C/C(O)C(COC1OC(CO)C(O)C(O)C1O)NC(=O)CCCCCCCCCCCCCCCCCCC/C=C\CCCCCCCCCCCCCCCCCCCCOC(=O)CCCCCCCCCCCCCCCC. The molecule has 1 fully saturated rings. The van der Waals surface area contributed by atoms with E-state index in [1.165, 1.54) is 347 Å². The second-order valence-electron chi connectivity index (χ2n) is 29.2. The molecule has 0 aromatic heterocycles. The van der Waals surface area contributed by atoms with Gasteiger partial charge in [0.25, 0.3) is 0 Å². The fourth-order valence-electron chi connectivity index (χ4n) is 13.5. The molecule has 0 aromatic rings. The third kappa shape index (κ3) is 61.5. The minimum atomic E-state index is -1.57. The van der Waals surface area contributed by atoms with Crippen LogP contribution in [0.15, 0.2) is 36.5 Å². The van der Waals surface area contributed by atoms with Gasteiger partial charge in [0.05, 0.1) is 32.0 Å². The van der Waals surface area contributed by atoms with Crippen LogP contribution in [0, 0.1) is 0 Å². The van der Waals surface area contributed by atoms with Crippen molar-refractivity contribution in [1.29, 1.82) is 0 Å². The average Bonchev–Trinajstić information content (AvgIpc) is 0.929. The number of unbranched alkanes of at least 4 members (excludes halogenated alkanes) is 57. The molecule has 0 aromatic carbocycles. The molecule has 0 aliphatic carbocycles. The Morgan fingerprint density at radius 2 is 0.684 bits per heavy atom. The van der Waals surface area contributed by atoms with Crippen molar-refractivity contribution in [3.63, 3.8) is 0 Å². The lowest BCUT2D eigenvalue weighted by molar-refractivity contribution is -0.302. The molecule has 11 nitrogen and oxygen atoms in total. The van der Waals surface area contributed by atoms with Gasteiger partial charge in [-0.2, -0.15) is 0 Å². The standard InChI is InChI=1S/C84H159NO10/c1-3-5-7-9-11-13-15-17-46-50-54-58-62-66-70-77(87)76(75-94-84-83(92)82(91)81(90)78(74-86)95-84)85-79(88)71-67-63-59-55-51-47-44-42-40-38-36-34-32-30-28-26-24-22-20-19-21-23-25-27-29-31-33-35-37-39-41-43-45-49-53-57-61-65-69-73-93-80(89)72-68-64-60-56-52-48-18-16-14-12-10-8-6-4-2/h19-20,50,54,66,70,76-78,81-84,86-87,90-92H,3-18,21-49,51-53,55-65,67-69,71-75H2,1-2H3,(H,85,88)/b20-19-,54-50+,70-66+. The topological polar surface area (TPSA) is 175 Å². The Kier molecular flexibility index (Phi) is 69.9. The van der Waals surface area contributed by atoms with Crippen LogP contribution in [0.5, 0.6) is 0 Å². The highest BCUT2D eigenvalue weighted by Gasteiger charge is 2.44. The first-order chi connectivity index (χ1) is 46.7. The third-order valence-electron chi connectivity index (χ3n) is 20.0. The number of rotatable bonds is 75. The number of nitrogens with one attached hydrogen (secondary N) is 1. The number of allylic oxidation sites excluding steroid dienone is 5. The van der Waals surface area contributed by atoms with Crippen LogP contribution in [0.3, 0.4) is 0 Å². The van der Waals surface area contributed by atoms with Crippen LogP contribution in [-0.4, -0.2) is 100 Å². The number of hydrogen-bond acceptors (Lipinski definition) is 10. The van der Waals surface area contributed by atoms with E-state index in [9.17, 15) is 35.1 Å². The molecule has 1 amide bonds. The summed E-state index contributed by atoms with van der Waals surface area (Å²) in [7, 11) is 0. The van der Waals surface area contributed by atoms with Gasteiger partial charge < -0.3 is 45.1 Å². The molecule has 7 atom stereocenters. The van der Waals surface area contributed by atoms with Crippen molar-refractivity contribution >= 4 is 11.9 Å². The second-order valence-corrected chi connectivity index (χ2v) is 29.2. The Morgan fingerprint density at radius 1 is 0.379 bits per heavy atom. The minimum Gasteiger partial charge on any atom is -0.466 e. The summed E-state index contributed by atoms with van der Waals surface area (Å²) in [4.78, 5) is 25.2. The number of carbonyl (C=O) groups is 2. The van der Waals surface area contributed by atoms with Crippen molar-refractivity contribution in [3.8, 4) is 0 Å². The molecule has 1 saturated heterocycles. The maximum absolute atomic E-state index is 13.1. The molecule has 1 rings (SSSR count). The van der Waals surface area contributed by atoms with Gasteiger partial charge in [0, 0.05) is 12.8 Å². The summed E-state index contributed by atoms with van der Waals surface area (Å²) in [6.45, 7) is 4.39. The molecule has 560 valence electrons. The summed E-state index contributed by atoms with van der Waals surface area (Å²) >= 11 is 0. The Bertz CT molecular complexity index is 1670. The molecular weight excluding hydrogens is 1180 g/mol. The van der Waals surface area contributed by atoms with Gasteiger partial charge in [-0.1, -0.05) is 378 Å². The molecule has 1 heterocycles.